The molecule has 19 heavy (non-hydrogen) atoms. The maximum absolute atomic E-state index is 11.7. The number of hydrogen-bond donors (Lipinski definition) is 3. The molecular weight excluding hydrogens is 254 g/mol. The summed E-state index contributed by atoms with van der Waals surface area (Å²) in [5, 5.41) is 9.04. The van der Waals surface area contributed by atoms with E-state index in [-0.39, 0.29) is 24.2 Å². The van der Waals surface area contributed by atoms with Gasteiger partial charge in [-0.2, -0.15) is 4.98 Å². The van der Waals surface area contributed by atoms with Crippen LogP contribution in [0.15, 0.2) is 11.1 Å². The molecule has 102 valence electrons. The molecule has 9 heteroatoms. The van der Waals surface area contributed by atoms with Crippen LogP contribution < -0.4 is 11.3 Å². The SMILES string of the molecule is C[C@@H]1O[C@H](CO)O[C@@H]1n1cnc2c(=O)[nH]c(N)nc21. The number of nitrogens with two attached hydrogens (primary N) is 1. The molecule has 0 radical (unpaired) electrons. The molecule has 1 aliphatic rings. The van der Waals surface area contributed by atoms with Crippen molar-refractivity contribution in [3.05, 3.63) is 16.7 Å². The van der Waals surface area contributed by atoms with E-state index >= 15 is 0 Å². The fraction of sp³-hybridized carbons (Fsp3) is 0.500. The molecular formula is C10H13N5O4. The lowest BCUT2D eigenvalue weighted by molar-refractivity contribution is -0.101. The highest BCUT2D eigenvalue weighted by molar-refractivity contribution is 5.70. The number of ether oxygens (including phenoxy) is 2. The molecule has 3 atom stereocenters. The summed E-state index contributed by atoms with van der Waals surface area (Å²) in [5.74, 6) is 0.00419. The van der Waals surface area contributed by atoms with Crippen LogP contribution in [0.1, 0.15) is 13.2 Å². The maximum atomic E-state index is 11.7. The summed E-state index contributed by atoms with van der Waals surface area (Å²) < 4.78 is 12.5. The highest BCUT2D eigenvalue weighted by Gasteiger charge is 2.35. The van der Waals surface area contributed by atoms with Gasteiger partial charge in [0.2, 0.25) is 5.95 Å². The number of nitrogen functional groups attached to an aromatic ring is 1. The summed E-state index contributed by atoms with van der Waals surface area (Å²) in [6.07, 6.45) is -0.0825. The number of anilines is 1. The first-order valence-corrected chi connectivity index (χ1v) is 5.74. The van der Waals surface area contributed by atoms with Gasteiger partial charge in [-0.25, -0.2) is 4.98 Å². The first-order chi connectivity index (χ1) is 9.10. The molecule has 3 heterocycles. The van der Waals surface area contributed by atoms with Crippen molar-refractivity contribution < 1.29 is 14.6 Å². The zero-order valence-electron chi connectivity index (χ0n) is 10.1. The minimum atomic E-state index is -0.697. The van der Waals surface area contributed by atoms with Gasteiger partial charge in [0.25, 0.3) is 5.56 Å². The zero-order chi connectivity index (χ0) is 13.6. The second-order valence-corrected chi connectivity index (χ2v) is 4.26. The van der Waals surface area contributed by atoms with E-state index in [0.717, 1.165) is 0 Å². The van der Waals surface area contributed by atoms with Crippen molar-refractivity contribution in [2.45, 2.75) is 25.5 Å². The van der Waals surface area contributed by atoms with E-state index in [1.807, 2.05) is 0 Å². The van der Waals surface area contributed by atoms with Crippen molar-refractivity contribution in [1.29, 1.82) is 0 Å². The number of aromatic nitrogens is 4. The molecule has 4 N–H and O–H groups in total. The molecule has 2 aromatic heterocycles. The van der Waals surface area contributed by atoms with Crippen LogP contribution in [0, 0.1) is 0 Å². The normalized spacial score (nSPS) is 27.2. The molecule has 0 spiro atoms. The maximum Gasteiger partial charge on any atom is 0.280 e. The molecule has 9 nitrogen and oxygen atoms in total. The average molecular weight is 267 g/mol. The number of aromatic amines is 1. The van der Waals surface area contributed by atoms with Gasteiger partial charge in [-0.15, -0.1) is 0 Å². The number of aliphatic hydroxyl groups excluding tert-OH is 1. The minimum absolute atomic E-state index is 0.00419. The van der Waals surface area contributed by atoms with E-state index in [4.69, 9.17) is 20.3 Å². The summed E-state index contributed by atoms with van der Waals surface area (Å²) >= 11 is 0. The van der Waals surface area contributed by atoms with Crippen LogP contribution in [0.4, 0.5) is 5.95 Å². The number of H-pyrrole nitrogens is 1. The van der Waals surface area contributed by atoms with Gasteiger partial charge in [-0.1, -0.05) is 0 Å². The summed E-state index contributed by atoms with van der Waals surface area (Å²) in [7, 11) is 0. The molecule has 1 fully saturated rings. The fourth-order valence-electron chi connectivity index (χ4n) is 2.11. The van der Waals surface area contributed by atoms with E-state index in [1.165, 1.54) is 6.33 Å². The number of aliphatic hydroxyl groups is 1. The van der Waals surface area contributed by atoms with Crippen LogP contribution in [0.2, 0.25) is 0 Å². The van der Waals surface area contributed by atoms with Gasteiger partial charge in [-0.3, -0.25) is 14.3 Å². The average Bonchev–Trinajstić information content (AvgIpc) is 2.92. The lowest BCUT2D eigenvalue weighted by Gasteiger charge is -2.14. The van der Waals surface area contributed by atoms with Gasteiger partial charge in [0.15, 0.2) is 23.7 Å². The van der Waals surface area contributed by atoms with Gasteiger partial charge in [0, 0.05) is 0 Å². The number of fused-ring (bicyclic) bond motifs is 1. The van der Waals surface area contributed by atoms with Gasteiger partial charge in [0.1, 0.15) is 6.10 Å². The van der Waals surface area contributed by atoms with Crippen molar-refractivity contribution in [1.82, 2.24) is 19.5 Å². The van der Waals surface area contributed by atoms with Gasteiger partial charge in [0.05, 0.1) is 12.9 Å². The Morgan fingerprint density at radius 3 is 3.05 bits per heavy atom. The highest BCUT2D eigenvalue weighted by atomic mass is 16.7. The van der Waals surface area contributed by atoms with Crippen LogP contribution in [-0.4, -0.2) is 43.6 Å². The Labute approximate surface area is 107 Å². The molecule has 0 amide bonds. The van der Waals surface area contributed by atoms with Crippen molar-refractivity contribution in [2.24, 2.45) is 0 Å². The number of nitrogens with zero attached hydrogens (tertiary/aromatic N) is 3. The molecule has 1 aliphatic heterocycles. The molecule has 0 aromatic carbocycles. The number of hydrogen-bond acceptors (Lipinski definition) is 7. The predicted molar refractivity (Wildman–Crippen MR) is 64.1 cm³/mol. The predicted octanol–water partition coefficient (Wildman–Crippen LogP) is -1.05. The van der Waals surface area contributed by atoms with Crippen LogP contribution in [0.3, 0.4) is 0 Å². The van der Waals surface area contributed by atoms with Crippen molar-refractivity contribution in [3.63, 3.8) is 0 Å². The van der Waals surface area contributed by atoms with Gasteiger partial charge >= 0.3 is 0 Å². The van der Waals surface area contributed by atoms with Crippen molar-refractivity contribution >= 4 is 17.1 Å². The summed E-state index contributed by atoms with van der Waals surface area (Å²) in [6.45, 7) is 1.55. The first-order valence-electron chi connectivity index (χ1n) is 5.74. The van der Waals surface area contributed by atoms with Crippen LogP contribution in [-0.2, 0) is 9.47 Å². The topological polar surface area (TPSA) is 128 Å². The van der Waals surface area contributed by atoms with Crippen LogP contribution in [0.5, 0.6) is 0 Å². The van der Waals surface area contributed by atoms with Crippen LogP contribution in [0.25, 0.3) is 11.2 Å². The molecule has 2 aromatic rings. The van der Waals surface area contributed by atoms with E-state index in [2.05, 4.69) is 15.0 Å². The van der Waals surface area contributed by atoms with Gasteiger partial charge < -0.3 is 20.3 Å². The highest BCUT2D eigenvalue weighted by Crippen LogP contribution is 2.29. The molecule has 1 saturated heterocycles. The quantitative estimate of drug-likeness (QED) is 0.633. The Kier molecular flexibility index (Phi) is 2.73. The molecule has 0 saturated carbocycles. The Hall–Kier alpha value is -1.97. The Morgan fingerprint density at radius 1 is 1.58 bits per heavy atom. The zero-order valence-corrected chi connectivity index (χ0v) is 10.1. The van der Waals surface area contributed by atoms with Crippen LogP contribution >= 0.6 is 0 Å². The summed E-state index contributed by atoms with van der Waals surface area (Å²) in [4.78, 5) is 22.1. The monoisotopic (exact) mass is 267 g/mol. The second-order valence-electron chi connectivity index (χ2n) is 4.26. The van der Waals surface area contributed by atoms with Gasteiger partial charge in [-0.05, 0) is 6.92 Å². The molecule has 0 aliphatic carbocycles. The molecule has 0 bridgehead atoms. The standard InChI is InChI=1S/C10H13N5O4/c1-4-9(19-5(2-16)18-4)15-3-12-6-7(15)13-10(11)14-8(6)17/h3-5,9,16H,2H2,1H3,(H3,11,13,14,17)/t4-,5-,9-/m0/s1. The number of imidazole rings is 1. The number of nitrogens with one attached hydrogen (secondary N) is 1. The largest absolute Gasteiger partial charge is 0.391 e. The third-order valence-corrected chi connectivity index (χ3v) is 2.93. The Morgan fingerprint density at radius 2 is 2.37 bits per heavy atom. The minimum Gasteiger partial charge on any atom is -0.391 e. The molecule has 3 rings (SSSR count). The summed E-state index contributed by atoms with van der Waals surface area (Å²) in [5.41, 5.74) is 5.61. The van der Waals surface area contributed by atoms with Crippen molar-refractivity contribution in [2.75, 3.05) is 12.3 Å². The fourth-order valence-corrected chi connectivity index (χ4v) is 2.11. The van der Waals surface area contributed by atoms with E-state index in [0.29, 0.717) is 5.65 Å². The first kappa shape index (κ1) is 12.1. The summed E-state index contributed by atoms with van der Waals surface area (Å²) in [6, 6.07) is 0. The van der Waals surface area contributed by atoms with E-state index in [1.54, 1.807) is 11.5 Å². The lowest BCUT2D eigenvalue weighted by atomic mass is 10.3. The van der Waals surface area contributed by atoms with E-state index < -0.39 is 18.1 Å². The van der Waals surface area contributed by atoms with Crippen molar-refractivity contribution in [3.8, 4) is 0 Å². The Balaban J connectivity index is 2.09. The Bertz CT molecular complexity index is 665. The lowest BCUT2D eigenvalue weighted by Crippen LogP contribution is -2.19. The smallest absolute Gasteiger partial charge is 0.280 e. The van der Waals surface area contributed by atoms with E-state index in [9.17, 15) is 4.79 Å². The number of rotatable bonds is 2. The third kappa shape index (κ3) is 1.87. The second kappa shape index (κ2) is 4.30. The third-order valence-electron chi connectivity index (χ3n) is 2.93. The molecule has 0 unspecified atom stereocenters.